The molecule has 0 heterocycles. The van der Waals surface area contributed by atoms with Gasteiger partial charge in [-0.3, -0.25) is 0 Å². The van der Waals surface area contributed by atoms with E-state index in [9.17, 15) is 4.79 Å². The number of rotatable bonds is 3. The highest BCUT2D eigenvalue weighted by Crippen LogP contribution is 2.43. The lowest BCUT2D eigenvalue weighted by molar-refractivity contribution is -0.150. The molecule has 88 valence electrons. The molecule has 0 aromatic rings. The lowest BCUT2D eigenvalue weighted by atomic mass is 9.91. The predicted octanol–water partition coefficient (Wildman–Crippen LogP) is 3.53. The maximum atomic E-state index is 11.7. The van der Waals surface area contributed by atoms with E-state index >= 15 is 0 Å². The molecule has 1 saturated carbocycles. The van der Waals surface area contributed by atoms with Gasteiger partial charge in [0, 0.05) is 5.57 Å². The van der Waals surface area contributed by atoms with Crippen LogP contribution in [-0.2, 0) is 9.53 Å². The Morgan fingerprint density at radius 3 is 2.56 bits per heavy atom. The summed E-state index contributed by atoms with van der Waals surface area (Å²) >= 11 is 0. The number of hydrogen-bond donors (Lipinski definition) is 0. The molecule has 0 spiro atoms. The van der Waals surface area contributed by atoms with E-state index in [2.05, 4.69) is 12.7 Å². The molecule has 0 N–H and O–H groups in total. The van der Waals surface area contributed by atoms with Crippen LogP contribution in [0.2, 0.25) is 0 Å². The largest absolute Gasteiger partial charge is 0.451 e. The summed E-state index contributed by atoms with van der Waals surface area (Å²) in [7, 11) is 0. The third kappa shape index (κ3) is 2.06. The SMILES string of the molecule is C=C(C)C(=O)OC1(C2=CCCC2)CCCC1. The third-order valence-corrected chi connectivity index (χ3v) is 3.67. The molecule has 2 aliphatic carbocycles. The molecule has 2 nitrogen and oxygen atoms in total. The Hall–Kier alpha value is -1.05. The van der Waals surface area contributed by atoms with Gasteiger partial charge in [-0.05, 0) is 57.4 Å². The van der Waals surface area contributed by atoms with Gasteiger partial charge in [0.15, 0.2) is 0 Å². The Kier molecular flexibility index (Phi) is 3.17. The molecule has 0 bridgehead atoms. The van der Waals surface area contributed by atoms with E-state index in [1.165, 1.54) is 24.8 Å². The summed E-state index contributed by atoms with van der Waals surface area (Å²) in [5.74, 6) is -0.227. The summed E-state index contributed by atoms with van der Waals surface area (Å²) in [6.07, 6.45) is 10.1. The molecule has 0 unspecified atom stereocenters. The van der Waals surface area contributed by atoms with Gasteiger partial charge in [-0.15, -0.1) is 0 Å². The molecular formula is C14H20O2. The zero-order chi connectivity index (χ0) is 11.6. The van der Waals surface area contributed by atoms with Crippen molar-refractivity contribution in [2.45, 2.75) is 57.5 Å². The first-order valence-corrected chi connectivity index (χ1v) is 6.22. The fourth-order valence-electron chi connectivity index (χ4n) is 2.78. The van der Waals surface area contributed by atoms with E-state index in [1.54, 1.807) is 6.92 Å². The van der Waals surface area contributed by atoms with Gasteiger partial charge in [-0.1, -0.05) is 12.7 Å². The van der Waals surface area contributed by atoms with Crippen molar-refractivity contribution in [3.8, 4) is 0 Å². The Bertz CT molecular complexity index is 333. The van der Waals surface area contributed by atoms with Crippen molar-refractivity contribution in [1.82, 2.24) is 0 Å². The maximum absolute atomic E-state index is 11.7. The van der Waals surface area contributed by atoms with Crippen LogP contribution in [0.15, 0.2) is 23.8 Å². The van der Waals surface area contributed by atoms with Gasteiger partial charge in [0.05, 0.1) is 0 Å². The number of esters is 1. The van der Waals surface area contributed by atoms with Crippen LogP contribution in [0.3, 0.4) is 0 Å². The van der Waals surface area contributed by atoms with Gasteiger partial charge in [-0.2, -0.15) is 0 Å². The molecule has 2 heteroatoms. The zero-order valence-electron chi connectivity index (χ0n) is 10.1. The summed E-state index contributed by atoms with van der Waals surface area (Å²) in [5, 5.41) is 0. The molecule has 0 aromatic heterocycles. The summed E-state index contributed by atoms with van der Waals surface area (Å²) in [4.78, 5) is 11.7. The van der Waals surface area contributed by atoms with Gasteiger partial charge in [0.2, 0.25) is 0 Å². The first kappa shape index (κ1) is 11.4. The minimum absolute atomic E-state index is 0.227. The van der Waals surface area contributed by atoms with Crippen LogP contribution in [0.25, 0.3) is 0 Å². The molecule has 2 rings (SSSR count). The molecule has 0 saturated heterocycles. The van der Waals surface area contributed by atoms with Gasteiger partial charge < -0.3 is 4.74 Å². The maximum Gasteiger partial charge on any atom is 0.333 e. The van der Waals surface area contributed by atoms with Gasteiger partial charge in [0.25, 0.3) is 0 Å². The number of carbonyl (C=O) groups excluding carboxylic acids is 1. The van der Waals surface area contributed by atoms with E-state index in [4.69, 9.17) is 4.74 Å². The normalized spacial score (nSPS) is 22.9. The van der Waals surface area contributed by atoms with Gasteiger partial charge >= 0.3 is 5.97 Å². The minimum Gasteiger partial charge on any atom is -0.451 e. The molecule has 0 amide bonds. The van der Waals surface area contributed by atoms with E-state index in [1.807, 2.05) is 0 Å². The fraction of sp³-hybridized carbons (Fsp3) is 0.643. The number of hydrogen-bond acceptors (Lipinski definition) is 2. The van der Waals surface area contributed by atoms with Crippen molar-refractivity contribution in [1.29, 1.82) is 0 Å². The smallest absolute Gasteiger partial charge is 0.333 e. The Morgan fingerprint density at radius 2 is 2.06 bits per heavy atom. The average molecular weight is 220 g/mol. The van der Waals surface area contributed by atoms with E-state index < -0.39 is 0 Å². The highest BCUT2D eigenvalue weighted by Gasteiger charge is 2.41. The Balaban J connectivity index is 2.15. The first-order valence-electron chi connectivity index (χ1n) is 6.22. The summed E-state index contributed by atoms with van der Waals surface area (Å²) in [6, 6.07) is 0. The van der Waals surface area contributed by atoms with Crippen LogP contribution in [0, 0.1) is 0 Å². The van der Waals surface area contributed by atoms with E-state index in [0.29, 0.717) is 5.57 Å². The molecule has 0 aromatic carbocycles. The van der Waals surface area contributed by atoms with Crippen molar-refractivity contribution in [3.05, 3.63) is 23.8 Å². The Morgan fingerprint density at radius 1 is 1.38 bits per heavy atom. The third-order valence-electron chi connectivity index (χ3n) is 3.67. The van der Waals surface area contributed by atoms with Crippen LogP contribution >= 0.6 is 0 Å². The molecule has 1 fully saturated rings. The summed E-state index contributed by atoms with van der Waals surface area (Å²) < 4.78 is 5.74. The van der Waals surface area contributed by atoms with Crippen LogP contribution < -0.4 is 0 Å². The van der Waals surface area contributed by atoms with Crippen molar-refractivity contribution in [2.24, 2.45) is 0 Å². The number of allylic oxidation sites excluding steroid dienone is 1. The quantitative estimate of drug-likeness (QED) is 0.413. The van der Waals surface area contributed by atoms with Crippen LogP contribution in [-0.4, -0.2) is 11.6 Å². The minimum atomic E-state index is -0.271. The molecule has 0 aliphatic heterocycles. The second kappa shape index (κ2) is 4.44. The van der Waals surface area contributed by atoms with Gasteiger partial charge in [0.1, 0.15) is 5.60 Å². The topological polar surface area (TPSA) is 26.3 Å². The van der Waals surface area contributed by atoms with E-state index in [-0.39, 0.29) is 11.6 Å². The van der Waals surface area contributed by atoms with Crippen molar-refractivity contribution in [3.63, 3.8) is 0 Å². The Labute approximate surface area is 97.4 Å². The molecule has 0 radical (unpaired) electrons. The lowest BCUT2D eigenvalue weighted by Gasteiger charge is -2.31. The second-order valence-corrected chi connectivity index (χ2v) is 4.99. The van der Waals surface area contributed by atoms with Crippen molar-refractivity contribution in [2.75, 3.05) is 0 Å². The highest BCUT2D eigenvalue weighted by molar-refractivity contribution is 5.87. The first-order chi connectivity index (χ1) is 7.64. The van der Waals surface area contributed by atoms with E-state index in [0.717, 1.165) is 25.7 Å². The van der Waals surface area contributed by atoms with Crippen LogP contribution in [0.1, 0.15) is 51.9 Å². The van der Waals surface area contributed by atoms with Crippen molar-refractivity contribution >= 4 is 5.97 Å². The number of ether oxygens (including phenoxy) is 1. The lowest BCUT2D eigenvalue weighted by Crippen LogP contribution is -2.34. The average Bonchev–Trinajstić information content (AvgIpc) is 2.87. The van der Waals surface area contributed by atoms with Gasteiger partial charge in [-0.25, -0.2) is 4.79 Å². The second-order valence-electron chi connectivity index (χ2n) is 4.99. The predicted molar refractivity (Wildman–Crippen MR) is 64.0 cm³/mol. The van der Waals surface area contributed by atoms with Crippen LogP contribution in [0.4, 0.5) is 0 Å². The standard InChI is InChI=1S/C14H20O2/c1-11(2)13(15)16-14(9-5-6-10-14)12-7-3-4-8-12/h7H,1,3-6,8-10H2,2H3. The van der Waals surface area contributed by atoms with Crippen molar-refractivity contribution < 1.29 is 9.53 Å². The highest BCUT2D eigenvalue weighted by atomic mass is 16.6. The molecule has 0 atom stereocenters. The summed E-state index contributed by atoms with van der Waals surface area (Å²) in [6.45, 7) is 5.38. The fourth-order valence-corrected chi connectivity index (χ4v) is 2.78. The molecule has 16 heavy (non-hydrogen) atoms. The number of carbonyl (C=O) groups is 1. The molecule has 2 aliphatic rings. The summed E-state index contributed by atoms with van der Waals surface area (Å²) in [5.41, 5.74) is 1.59. The zero-order valence-corrected chi connectivity index (χ0v) is 10.1. The molecular weight excluding hydrogens is 200 g/mol. The van der Waals surface area contributed by atoms with Crippen LogP contribution in [0.5, 0.6) is 0 Å². The monoisotopic (exact) mass is 220 g/mol.